The van der Waals surface area contributed by atoms with Crippen molar-refractivity contribution in [3.05, 3.63) is 47.5 Å². The van der Waals surface area contributed by atoms with Crippen molar-refractivity contribution in [3.8, 4) is 5.75 Å². The van der Waals surface area contributed by atoms with Gasteiger partial charge in [-0.2, -0.15) is 0 Å². The molecule has 0 unspecified atom stereocenters. The van der Waals surface area contributed by atoms with Crippen LogP contribution in [0.3, 0.4) is 0 Å². The number of nitrogen functional groups attached to an aromatic ring is 1. The molecule has 0 aromatic heterocycles. The number of ether oxygens (including phenoxy) is 1. The van der Waals surface area contributed by atoms with Crippen molar-refractivity contribution in [1.82, 2.24) is 0 Å². The molecule has 2 rings (SSSR count). The molecule has 2 aromatic rings. The van der Waals surface area contributed by atoms with Gasteiger partial charge in [-0.25, -0.2) is 8.42 Å². The summed E-state index contributed by atoms with van der Waals surface area (Å²) in [6.07, 6.45) is 0. The zero-order valence-electron chi connectivity index (χ0n) is 10.6. The highest BCUT2D eigenvalue weighted by atomic mass is 35.5. The molecule has 0 saturated carbocycles. The summed E-state index contributed by atoms with van der Waals surface area (Å²) in [4.78, 5) is 0.00850. The summed E-state index contributed by atoms with van der Waals surface area (Å²) < 4.78 is 32.1. The molecule has 106 valence electrons. The maximum Gasteiger partial charge on any atom is 0.265 e. The molecule has 20 heavy (non-hydrogen) atoms. The predicted molar refractivity (Wildman–Crippen MR) is 79.7 cm³/mol. The molecule has 0 fully saturated rings. The van der Waals surface area contributed by atoms with E-state index in [0.717, 1.165) is 0 Å². The largest absolute Gasteiger partial charge is 0.495 e. The van der Waals surface area contributed by atoms with Crippen LogP contribution in [0.1, 0.15) is 0 Å². The Morgan fingerprint density at radius 3 is 2.60 bits per heavy atom. The van der Waals surface area contributed by atoms with Crippen molar-refractivity contribution in [1.29, 1.82) is 0 Å². The summed E-state index contributed by atoms with van der Waals surface area (Å²) in [5.41, 5.74) is 6.40. The van der Waals surface area contributed by atoms with Gasteiger partial charge < -0.3 is 10.5 Å². The van der Waals surface area contributed by atoms with Crippen molar-refractivity contribution >= 4 is 33.0 Å². The molecule has 0 aliphatic carbocycles. The van der Waals surface area contributed by atoms with E-state index in [-0.39, 0.29) is 10.6 Å². The van der Waals surface area contributed by atoms with E-state index in [1.165, 1.54) is 31.4 Å². The van der Waals surface area contributed by atoms with Crippen LogP contribution < -0.4 is 15.2 Å². The van der Waals surface area contributed by atoms with Crippen LogP contribution in [0, 0.1) is 0 Å². The van der Waals surface area contributed by atoms with Crippen molar-refractivity contribution < 1.29 is 13.2 Å². The second-order valence-corrected chi connectivity index (χ2v) is 6.11. The molecule has 0 radical (unpaired) electrons. The SMILES string of the molecule is COc1cc(N)ccc1S(=O)(=O)Nc1cccc(Cl)c1. The molecule has 0 bridgehead atoms. The fraction of sp³-hybridized carbons (Fsp3) is 0.0769. The smallest absolute Gasteiger partial charge is 0.265 e. The molecule has 0 heterocycles. The number of anilines is 2. The Balaban J connectivity index is 2.40. The maximum atomic E-state index is 12.3. The first-order valence-corrected chi connectivity index (χ1v) is 7.50. The minimum absolute atomic E-state index is 0.00850. The fourth-order valence-corrected chi connectivity index (χ4v) is 3.06. The first kappa shape index (κ1) is 14.5. The highest BCUT2D eigenvalue weighted by Gasteiger charge is 2.19. The van der Waals surface area contributed by atoms with Crippen LogP contribution in [0.25, 0.3) is 0 Å². The third kappa shape index (κ3) is 3.15. The number of nitrogens with one attached hydrogen (secondary N) is 1. The molecule has 0 amide bonds. The molecule has 0 saturated heterocycles. The number of rotatable bonds is 4. The second-order valence-electron chi connectivity index (χ2n) is 4.03. The van der Waals surface area contributed by atoms with Gasteiger partial charge in [0.1, 0.15) is 10.6 Å². The average Bonchev–Trinajstić information content (AvgIpc) is 2.37. The van der Waals surface area contributed by atoms with E-state index < -0.39 is 10.0 Å². The van der Waals surface area contributed by atoms with Crippen LogP contribution in [-0.4, -0.2) is 15.5 Å². The normalized spacial score (nSPS) is 11.1. The van der Waals surface area contributed by atoms with E-state index in [1.54, 1.807) is 18.2 Å². The lowest BCUT2D eigenvalue weighted by Crippen LogP contribution is -2.14. The lowest BCUT2D eigenvalue weighted by Gasteiger charge is -2.12. The summed E-state index contributed by atoms with van der Waals surface area (Å²) in [5.74, 6) is 0.180. The monoisotopic (exact) mass is 312 g/mol. The van der Waals surface area contributed by atoms with Gasteiger partial charge in [0.15, 0.2) is 0 Å². The molecule has 0 spiro atoms. The Morgan fingerprint density at radius 2 is 1.95 bits per heavy atom. The number of sulfonamides is 1. The summed E-state index contributed by atoms with van der Waals surface area (Å²) in [7, 11) is -2.40. The van der Waals surface area contributed by atoms with Gasteiger partial charge in [-0.15, -0.1) is 0 Å². The highest BCUT2D eigenvalue weighted by molar-refractivity contribution is 7.92. The zero-order valence-corrected chi connectivity index (χ0v) is 12.2. The number of hydrogen-bond donors (Lipinski definition) is 2. The van der Waals surface area contributed by atoms with E-state index in [4.69, 9.17) is 22.1 Å². The van der Waals surface area contributed by atoms with Crippen LogP contribution in [0.5, 0.6) is 5.75 Å². The van der Waals surface area contributed by atoms with Gasteiger partial charge in [0.25, 0.3) is 10.0 Å². The number of benzene rings is 2. The van der Waals surface area contributed by atoms with Gasteiger partial charge in [0.05, 0.1) is 12.8 Å². The minimum atomic E-state index is -3.78. The summed E-state index contributed by atoms with van der Waals surface area (Å²) in [6, 6.07) is 10.8. The van der Waals surface area contributed by atoms with E-state index in [0.29, 0.717) is 16.4 Å². The molecule has 7 heteroatoms. The Morgan fingerprint density at radius 1 is 1.20 bits per heavy atom. The van der Waals surface area contributed by atoms with E-state index in [9.17, 15) is 8.42 Å². The third-order valence-corrected chi connectivity index (χ3v) is 4.21. The van der Waals surface area contributed by atoms with Gasteiger partial charge >= 0.3 is 0 Å². The molecule has 3 N–H and O–H groups in total. The quantitative estimate of drug-likeness (QED) is 0.851. The maximum absolute atomic E-state index is 12.3. The zero-order chi connectivity index (χ0) is 14.8. The minimum Gasteiger partial charge on any atom is -0.495 e. The number of hydrogen-bond acceptors (Lipinski definition) is 4. The molecule has 2 aromatic carbocycles. The van der Waals surface area contributed by atoms with Crippen LogP contribution in [-0.2, 0) is 10.0 Å². The van der Waals surface area contributed by atoms with Gasteiger partial charge in [-0.3, -0.25) is 4.72 Å². The van der Waals surface area contributed by atoms with Gasteiger partial charge in [0.2, 0.25) is 0 Å². The first-order chi connectivity index (χ1) is 9.42. The third-order valence-electron chi connectivity index (χ3n) is 2.55. The van der Waals surface area contributed by atoms with Crippen LogP contribution in [0.4, 0.5) is 11.4 Å². The number of nitrogens with two attached hydrogens (primary N) is 1. The number of methoxy groups -OCH3 is 1. The van der Waals surface area contributed by atoms with Gasteiger partial charge in [-0.05, 0) is 30.3 Å². The molecule has 0 aliphatic heterocycles. The standard InChI is InChI=1S/C13H13ClN2O3S/c1-19-12-8-10(15)5-6-13(12)20(17,18)16-11-4-2-3-9(14)7-11/h2-8,16H,15H2,1H3. The van der Waals surface area contributed by atoms with Crippen molar-refractivity contribution in [3.63, 3.8) is 0 Å². The molecule has 5 nitrogen and oxygen atoms in total. The number of halogens is 1. The average molecular weight is 313 g/mol. The molecule has 0 aliphatic rings. The lowest BCUT2D eigenvalue weighted by atomic mass is 10.3. The fourth-order valence-electron chi connectivity index (χ4n) is 1.67. The van der Waals surface area contributed by atoms with Crippen molar-refractivity contribution in [2.24, 2.45) is 0 Å². The Hall–Kier alpha value is -1.92. The molecular formula is C13H13ClN2O3S. The van der Waals surface area contributed by atoms with E-state index in [2.05, 4.69) is 4.72 Å². The Kier molecular flexibility index (Phi) is 4.06. The van der Waals surface area contributed by atoms with Gasteiger partial charge in [0, 0.05) is 16.8 Å². The summed E-state index contributed by atoms with van der Waals surface area (Å²) >= 11 is 5.82. The second kappa shape index (κ2) is 5.60. The summed E-state index contributed by atoms with van der Waals surface area (Å²) in [5, 5.41) is 0.439. The Bertz CT molecular complexity index is 732. The molecule has 0 atom stereocenters. The van der Waals surface area contributed by atoms with E-state index in [1.807, 2.05) is 0 Å². The van der Waals surface area contributed by atoms with Gasteiger partial charge in [-0.1, -0.05) is 17.7 Å². The van der Waals surface area contributed by atoms with Crippen molar-refractivity contribution in [2.75, 3.05) is 17.6 Å². The topological polar surface area (TPSA) is 81.4 Å². The molecular weight excluding hydrogens is 300 g/mol. The summed E-state index contributed by atoms with van der Waals surface area (Å²) in [6.45, 7) is 0. The van der Waals surface area contributed by atoms with Crippen LogP contribution >= 0.6 is 11.6 Å². The van der Waals surface area contributed by atoms with Crippen molar-refractivity contribution in [2.45, 2.75) is 4.90 Å². The van der Waals surface area contributed by atoms with E-state index >= 15 is 0 Å². The highest BCUT2D eigenvalue weighted by Crippen LogP contribution is 2.28. The van der Waals surface area contributed by atoms with Crippen LogP contribution in [0.2, 0.25) is 5.02 Å². The van der Waals surface area contributed by atoms with Crippen LogP contribution in [0.15, 0.2) is 47.4 Å². The Labute approximate surface area is 122 Å². The lowest BCUT2D eigenvalue weighted by molar-refractivity contribution is 0.403. The predicted octanol–water partition coefficient (Wildman–Crippen LogP) is 2.73. The first-order valence-electron chi connectivity index (χ1n) is 5.64.